The molecule has 0 fully saturated rings. The summed E-state index contributed by atoms with van der Waals surface area (Å²) in [5.74, 6) is 0.291. The van der Waals surface area contributed by atoms with Crippen LogP contribution in [-0.2, 0) is 6.54 Å². The number of amides is 1. The molecule has 0 aliphatic heterocycles. The second kappa shape index (κ2) is 7.65. The first-order chi connectivity index (χ1) is 11.7. The number of hydrogen-bond acceptors (Lipinski definition) is 5. The van der Waals surface area contributed by atoms with Gasteiger partial charge in [-0.3, -0.25) is 9.78 Å². The summed E-state index contributed by atoms with van der Waals surface area (Å²) in [7, 11) is 0. The molecule has 1 aromatic carbocycles. The molecule has 0 unspecified atom stereocenters. The quantitative estimate of drug-likeness (QED) is 0.704. The lowest BCUT2D eigenvalue weighted by molar-refractivity contribution is 0.102. The highest BCUT2D eigenvalue weighted by atomic mass is 79.9. The highest BCUT2D eigenvalue weighted by Crippen LogP contribution is 2.21. The van der Waals surface area contributed by atoms with E-state index in [2.05, 4.69) is 41.5 Å². The second-order valence-corrected chi connectivity index (χ2v) is 5.78. The average molecular weight is 384 g/mol. The summed E-state index contributed by atoms with van der Waals surface area (Å²) in [5.41, 5.74) is 2.02. The number of halogens is 1. The van der Waals surface area contributed by atoms with Gasteiger partial charge >= 0.3 is 0 Å². The van der Waals surface area contributed by atoms with Gasteiger partial charge in [-0.15, -0.1) is 0 Å². The van der Waals surface area contributed by atoms with Crippen molar-refractivity contribution in [3.8, 4) is 0 Å². The van der Waals surface area contributed by atoms with Crippen molar-refractivity contribution >= 4 is 33.3 Å². The molecule has 3 aromatic rings. The maximum atomic E-state index is 12.2. The molecule has 1 amide bonds. The molecular formula is C17H14BrN5O. The van der Waals surface area contributed by atoms with E-state index in [1.807, 2.05) is 30.3 Å². The highest BCUT2D eigenvalue weighted by molar-refractivity contribution is 9.10. The lowest BCUT2D eigenvalue weighted by Crippen LogP contribution is -2.14. The summed E-state index contributed by atoms with van der Waals surface area (Å²) in [6, 6.07) is 11.2. The molecule has 6 nitrogen and oxygen atoms in total. The molecule has 0 aliphatic carbocycles. The van der Waals surface area contributed by atoms with E-state index >= 15 is 0 Å². The Bertz CT molecular complexity index is 824. The van der Waals surface area contributed by atoms with Crippen LogP contribution in [0.2, 0.25) is 0 Å². The second-order valence-electron chi connectivity index (χ2n) is 4.93. The minimum absolute atomic E-state index is 0.250. The largest absolute Gasteiger partial charge is 0.365 e. The molecule has 2 N–H and O–H groups in total. The fourth-order valence-corrected chi connectivity index (χ4v) is 2.36. The van der Waals surface area contributed by atoms with E-state index in [1.54, 1.807) is 18.5 Å². The molecule has 0 saturated carbocycles. The summed E-state index contributed by atoms with van der Waals surface area (Å²) >= 11 is 3.39. The van der Waals surface area contributed by atoms with Crippen LogP contribution in [0.5, 0.6) is 0 Å². The predicted molar refractivity (Wildman–Crippen MR) is 95.7 cm³/mol. The normalized spacial score (nSPS) is 10.2. The first-order valence-electron chi connectivity index (χ1n) is 7.23. The van der Waals surface area contributed by atoms with Gasteiger partial charge in [0.2, 0.25) is 0 Å². The van der Waals surface area contributed by atoms with Crippen LogP contribution in [0.1, 0.15) is 16.1 Å². The zero-order chi connectivity index (χ0) is 16.8. The van der Waals surface area contributed by atoms with Crippen molar-refractivity contribution in [1.29, 1.82) is 0 Å². The monoisotopic (exact) mass is 383 g/mol. The van der Waals surface area contributed by atoms with Gasteiger partial charge in [0.1, 0.15) is 11.5 Å². The highest BCUT2D eigenvalue weighted by Gasteiger charge is 2.10. The Morgan fingerprint density at radius 1 is 1.04 bits per heavy atom. The van der Waals surface area contributed by atoms with Crippen molar-refractivity contribution in [3.63, 3.8) is 0 Å². The summed E-state index contributed by atoms with van der Waals surface area (Å²) in [4.78, 5) is 24.5. The first kappa shape index (κ1) is 16.1. The molecule has 24 heavy (non-hydrogen) atoms. The molecule has 0 saturated heterocycles. The average Bonchev–Trinajstić information content (AvgIpc) is 2.63. The smallest absolute Gasteiger partial charge is 0.275 e. The lowest BCUT2D eigenvalue weighted by Gasteiger charge is -2.08. The van der Waals surface area contributed by atoms with Crippen molar-refractivity contribution in [2.45, 2.75) is 6.54 Å². The predicted octanol–water partition coefficient (Wildman–Crippen LogP) is 3.50. The van der Waals surface area contributed by atoms with E-state index in [0.717, 1.165) is 10.0 Å². The Labute approximate surface area is 147 Å². The lowest BCUT2D eigenvalue weighted by atomic mass is 10.3. The van der Waals surface area contributed by atoms with E-state index in [-0.39, 0.29) is 11.6 Å². The third-order valence-electron chi connectivity index (χ3n) is 3.23. The summed E-state index contributed by atoms with van der Waals surface area (Å²) in [6.45, 7) is 0.611. The fraction of sp³-hybridized carbons (Fsp3) is 0.0588. The molecule has 3 rings (SSSR count). The third kappa shape index (κ3) is 4.14. The van der Waals surface area contributed by atoms with Crippen LogP contribution < -0.4 is 10.6 Å². The molecule has 0 bridgehead atoms. The minimum Gasteiger partial charge on any atom is -0.365 e. The van der Waals surface area contributed by atoms with Gasteiger partial charge < -0.3 is 10.6 Å². The topological polar surface area (TPSA) is 79.8 Å². The molecule has 120 valence electrons. The van der Waals surface area contributed by atoms with Gasteiger partial charge in [0.15, 0.2) is 0 Å². The summed E-state index contributed by atoms with van der Waals surface area (Å²) < 4.78 is 0.807. The van der Waals surface area contributed by atoms with Crippen LogP contribution in [0.25, 0.3) is 0 Å². The van der Waals surface area contributed by atoms with E-state index < -0.39 is 0 Å². The number of carbonyl (C=O) groups excluding carboxylic acids is 1. The van der Waals surface area contributed by atoms with E-state index in [1.165, 1.54) is 12.4 Å². The molecule has 0 radical (unpaired) electrons. The van der Waals surface area contributed by atoms with E-state index in [0.29, 0.717) is 18.1 Å². The first-order valence-corrected chi connectivity index (χ1v) is 8.02. The number of carbonyl (C=O) groups is 1. The SMILES string of the molecule is O=C(Nc1ccccc1Br)c1cnc(NCc2ccncc2)cn1. The summed E-state index contributed by atoms with van der Waals surface area (Å²) in [6.07, 6.45) is 6.45. The van der Waals surface area contributed by atoms with Gasteiger partial charge in [-0.05, 0) is 45.8 Å². The molecule has 2 aromatic heterocycles. The minimum atomic E-state index is -0.310. The van der Waals surface area contributed by atoms with Gasteiger partial charge in [-0.1, -0.05) is 12.1 Å². The number of anilines is 2. The van der Waals surface area contributed by atoms with Crippen LogP contribution >= 0.6 is 15.9 Å². The van der Waals surface area contributed by atoms with Crippen molar-refractivity contribution in [2.75, 3.05) is 10.6 Å². The number of benzene rings is 1. The Kier molecular flexibility index (Phi) is 5.12. The van der Waals surface area contributed by atoms with Crippen molar-refractivity contribution in [1.82, 2.24) is 15.0 Å². The zero-order valence-corrected chi connectivity index (χ0v) is 14.2. The summed E-state index contributed by atoms with van der Waals surface area (Å²) in [5, 5.41) is 5.93. The third-order valence-corrected chi connectivity index (χ3v) is 3.92. The van der Waals surface area contributed by atoms with Crippen molar-refractivity contribution in [2.24, 2.45) is 0 Å². The van der Waals surface area contributed by atoms with Crippen LogP contribution in [-0.4, -0.2) is 20.9 Å². The number of nitrogens with zero attached hydrogens (tertiary/aromatic N) is 3. The van der Waals surface area contributed by atoms with Gasteiger partial charge in [0, 0.05) is 23.4 Å². The van der Waals surface area contributed by atoms with Gasteiger partial charge in [-0.2, -0.15) is 0 Å². The van der Waals surface area contributed by atoms with Crippen molar-refractivity contribution in [3.05, 3.63) is 76.9 Å². The molecule has 0 aliphatic rings. The van der Waals surface area contributed by atoms with Crippen LogP contribution in [0.4, 0.5) is 11.5 Å². The number of rotatable bonds is 5. The zero-order valence-electron chi connectivity index (χ0n) is 12.6. The van der Waals surface area contributed by atoms with Gasteiger partial charge in [-0.25, -0.2) is 9.97 Å². The molecule has 0 spiro atoms. The number of para-hydroxylation sites is 1. The number of aromatic nitrogens is 3. The Morgan fingerprint density at radius 2 is 1.83 bits per heavy atom. The van der Waals surface area contributed by atoms with Crippen molar-refractivity contribution < 1.29 is 4.79 Å². The maximum Gasteiger partial charge on any atom is 0.275 e. The van der Waals surface area contributed by atoms with Crippen LogP contribution in [0.15, 0.2) is 65.7 Å². The Balaban J connectivity index is 1.61. The number of pyridine rings is 1. The standard InChI is InChI=1S/C17H14BrN5O/c18-13-3-1-2-4-14(13)23-17(24)15-10-22-16(11-20-15)21-9-12-5-7-19-8-6-12/h1-8,10-11H,9H2,(H,21,22)(H,23,24). The molecule has 0 atom stereocenters. The number of nitrogens with one attached hydrogen (secondary N) is 2. The number of hydrogen-bond donors (Lipinski definition) is 2. The van der Waals surface area contributed by atoms with Gasteiger partial charge in [0.25, 0.3) is 5.91 Å². The molecule has 2 heterocycles. The Hall–Kier alpha value is -2.80. The molecular weight excluding hydrogens is 370 g/mol. The fourth-order valence-electron chi connectivity index (χ4n) is 1.98. The molecule has 7 heteroatoms. The Morgan fingerprint density at radius 3 is 2.54 bits per heavy atom. The van der Waals surface area contributed by atoms with E-state index in [9.17, 15) is 4.79 Å². The van der Waals surface area contributed by atoms with Gasteiger partial charge in [0.05, 0.1) is 18.1 Å². The van der Waals surface area contributed by atoms with Crippen LogP contribution in [0, 0.1) is 0 Å². The van der Waals surface area contributed by atoms with E-state index in [4.69, 9.17) is 0 Å². The maximum absolute atomic E-state index is 12.2. The van der Waals surface area contributed by atoms with Crippen LogP contribution in [0.3, 0.4) is 0 Å².